The van der Waals surface area contributed by atoms with Crippen LogP contribution in [0.25, 0.3) is 0 Å². The predicted octanol–water partition coefficient (Wildman–Crippen LogP) is 2.24. The summed E-state index contributed by atoms with van der Waals surface area (Å²) < 4.78 is 10.2. The molecule has 20 heavy (non-hydrogen) atoms. The summed E-state index contributed by atoms with van der Waals surface area (Å²) in [7, 11) is 1.54. The number of aromatic nitrogens is 2. The normalized spacial score (nSPS) is 11.6. The van der Waals surface area contributed by atoms with Gasteiger partial charge in [-0.3, -0.25) is 0 Å². The summed E-state index contributed by atoms with van der Waals surface area (Å²) in [5.74, 6) is 2.11. The minimum atomic E-state index is 0.0282. The predicted molar refractivity (Wildman–Crippen MR) is 79.7 cm³/mol. The molecule has 0 atom stereocenters. The van der Waals surface area contributed by atoms with Gasteiger partial charge in [0, 0.05) is 5.75 Å². The summed E-state index contributed by atoms with van der Waals surface area (Å²) in [6, 6.07) is 5.58. The number of methoxy groups -OCH3 is 1. The summed E-state index contributed by atoms with van der Waals surface area (Å²) in [6.45, 7) is 1.87. The van der Waals surface area contributed by atoms with E-state index in [1.807, 2.05) is 19.1 Å². The number of thioether (sulfide) groups is 1. The first-order chi connectivity index (χ1) is 9.63. The highest BCUT2D eigenvalue weighted by Gasteiger charge is 2.10. The topological polar surface area (TPSA) is 93.6 Å². The van der Waals surface area contributed by atoms with Crippen molar-refractivity contribution in [1.82, 2.24) is 9.36 Å². The molecule has 0 amide bonds. The van der Waals surface area contributed by atoms with Gasteiger partial charge in [0.05, 0.1) is 12.7 Å². The van der Waals surface area contributed by atoms with E-state index >= 15 is 0 Å². The Morgan fingerprint density at radius 3 is 2.95 bits per heavy atom. The maximum Gasteiger partial charge on any atom is 0.173 e. The second kappa shape index (κ2) is 6.58. The highest BCUT2D eigenvalue weighted by Crippen LogP contribution is 2.27. The highest BCUT2D eigenvalue weighted by atomic mass is 32.2. The number of benzene rings is 1. The van der Waals surface area contributed by atoms with Crippen LogP contribution in [0.1, 0.15) is 17.0 Å². The van der Waals surface area contributed by atoms with Crippen LogP contribution in [-0.2, 0) is 5.75 Å². The first kappa shape index (κ1) is 14.6. The molecule has 0 aliphatic heterocycles. The molecule has 2 rings (SSSR count). The highest BCUT2D eigenvalue weighted by molar-refractivity contribution is 8.00. The molecule has 2 aromatic rings. The van der Waals surface area contributed by atoms with Crippen molar-refractivity contribution >= 4 is 29.1 Å². The van der Waals surface area contributed by atoms with Gasteiger partial charge in [0.2, 0.25) is 0 Å². The molecule has 8 heteroatoms. The van der Waals surface area contributed by atoms with Crippen LogP contribution in [0.3, 0.4) is 0 Å². The zero-order chi connectivity index (χ0) is 14.5. The Bertz CT molecular complexity index is 628. The number of nitrogens with zero attached hydrogens (tertiary/aromatic N) is 3. The molecule has 0 saturated heterocycles. The number of nitrogens with two attached hydrogens (primary N) is 1. The van der Waals surface area contributed by atoms with E-state index in [4.69, 9.17) is 15.7 Å². The van der Waals surface area contributed by atoms with Crippen molar-refractivity contribution in [2.24, 2.45) is 10.9 Å². The zero-order valence-corrected chi connectivity index (χ0v) is 12.7. The van der Waals surface area contributed by atoms with E-state index in [9.17, 15) is 0 Å². The van der Waals surface area contributed by atoms with Crippen LogP contribution in [0, 0.1) is 6.92 Å². The fourth-order valence-corrected chi connectivity index (χ4v) is 3.17. The Morgan fingerprint density at radius 2 is 2.35 bits per heavy atom. The molecule has 0 bridgehead atoms. The molecule has 1 aromatic carbocycles. The quantitative estimate of drug-likeness (QED) is 0.289. The maximum atomic E-state index is 8.80. The number of rotatable bonds is 5. The van der Waals surface area contributed by atoms with Crippen LogP contribution in [0.15, 0.2) is 27.7 Å². The SMILES string of the molecule is COc1ccc(CSc2nc(C)ns2)cc1/C(N)=N/O. The van der Waals surface area contributed by atoms with Gasteiger partial charge < -0.3 is 15.7 Å². The molecule has 0 saturated carbocycles. The lowest BCUT2D eigenvalue weighted by Crippen LogP contribution is -2.14. The minimum Gasteiger partial charge on any atom is -0.496 e. The molecule has 0 radical (unpaired) electrons. The number of oxime groups is 1. The molecule has 0 aliphatic rings. The van der Waals surface area contributed by atoms with Crippen molar-refractivity contribution < 1.29 is 9.94 Å². The van der Waals surface area contributed by atoms with Crippen molar-refractivity contribution in [3.63, 3.8) is 0 Å². The van der Waals surface area contributed by atoms with Gasteiger partial charge in [0.1, 0.15) is 11.6 Å². The number of amidine groups is 1. The summed E-state index contributed by atoms with van der Waals surface area (Å²) in [5, 5.41) is 11.8. The first-order valence-corrected chi connectivity index (χ1v) is 7.48. The molecule has 0 spiro atoms. The van der Waals surface area contributed by atoms with Gasteiger partial charge in [-0.2, -0.15) is 4.37 Å². The summed E-state index contributed by atoms with van der Waals surface area (Å²) >= 11 is 2.98. The molecule has 0 aliphatic carbocycles. The summed E-state index contributed by atoms with van der Waals surface area (Å²) in [5.41, 5.74) is 7.25. The van der Waals surface area contributed by atoms with Crippen molar-refractivity contribution in [2.45, 2.75) is 17.0 Å². The van der Waals surface area contributed by atoms with E-state index in [-0.39, 0.29) is 5.84 Å². The smallest absolute Gasteiger partial charge is 0.173 e. The van der Waals surface area contributed by atoms with E-state index < -0.39 is 0 Å². The van der Waals surface area contributed by atoms with Crippen LogP contribution >= 0.6 is 23.3 Å². The minimum absolute atomic E-state index is 0.0282. The Hall–Kier alpha value is -1.80. The number of hydrogen-bond donors (Lipinski definition) is 2. The zero-order valence-electron chi connectivity index (χ0n) is 11.0. The van der Waals surface area contributed by atoms with E-state index in [2.05, 4.69) is 14.5 Å². The molecule has 0 fully saturated rings. The van der Waals surface area contributed by atoms with E-state index in [1.165, 1.54) is 11.5 Å². The third kappa shape index (κ3) is 3.40. The average Bonchev–Trinajstić information content (AvgIpc) is 2.89. The van der Waals surface area contributed by atoms with Crippen LogP contribution in [0.4, 0.5) is 0 Å². The fourth-order valence-electron chi connectivity index (χ4n) is 1.58. The summed E-state index contributed by atoms with van der Waals surface area (Å²) in [4.78, 5) is 4.29. The van der Waals surface area contributed by atoms with Crippen molar-refractivity contribution in [2.75, 3.05) is 7.11 Å². The fraction of sp³-hybridized carbons (Fsp3) is 0.250. The Morgan fingerprint density at radius 1 is 1.55 bits per heavy atom. The molecule has 1 heterocycles. The summed E-state index contributed by atoms with van der Waals surface area (Å²) in [6.07, 6.45) is 0. The van der Waals surface area contributed by atoms with Gasteiger partial charge in [-0.1, -0.05) is 23.0 Å². The number of aryl methyl sites for hydroxylation is 1. The standard InChI is InChI=1S/C12H14N4O2S2/c1-7-14-12(20-16-7)19-6-8-3-4-10(18-2)9(5-8)11(13)15-17/h3-5,17H,6H2,1-2H3,(H2,13,15). The lowest BCUT2D eigenvalue weighted by molar-refractivity contribution is 0.318. The van der Waals surface area contributed by atoms with Gasteiger partial charge in [-0.25, -0.2) is 4.98 Å². The molecular weight excluding hydrogens is 296 g/mol. The van der Waals surface area contributed by atoms with Gasteiger partial charge in [0.25, 0.3) is 0 Å². The van der Waals surface area contributed by atoms with Crippen LogP contribution < -0.4 is 10.5 Å². The van der Waals surface area contributed by atoms with Crippen LogP contribution in [0.2, 0.25) is 0 Å². The van der Waals surface area contributed by atoms with Gasteiger partial charge in [-0.05, 0) is 36.2 Å². The molecule has 0 unspecified atom stereocenters. The molecule has 1 aromatic heterocycles. The van der Waals surface area contributed by atoms with Gasteiger partial charge >= 0.3 is 0 Å². The lowest BCUT2D eigenvalue weighted by Gasteiger charge is -2.09. The van der Waals surface area contributed by atoms with E-state index in [1.54, 1.807) is 24.9 Å². The number of hydrogen-bond acceptors (Lipinski definition) is 7. The van der Waals surface area contributed by atoms with Gasteiger partial charge in [0.15, 0.2) is 10.2 Å². The Kier molecular flexibility index (Phi) is 4.80. The third-order valence-electron chi connectivity index (χ3n) is 2.52. The van der Waals surface area contributed by atoms with E-state index in [0.29, 0.717) is 11.3 Å². The molecular formula is C12H14N4O2S2. The second-order valence-electron chi connectivity index (χ2n) is 3.92. The Labute approximate surface area is 124 Å². The Balaban J connectivity index is 2.16. The first-order valence-electron chi connectivity index (χ1n) is 5.72. The monoisotopic (exact) mass is 310 g/mol. The van der Waals surface area contributed by atoms with E-state index in [0.717, 1.165) is 21.5 Å². The van der Waals surface area contributed by atoms with Crippen molar-refractivity contribution in [3.8, 4) is 5.75 Å². The average molecular weight is 310 g/mol. The van der Waals surface area contributed by atoms with Crippen molar-refractivity contribution in [1.29, 1.82) is 0 Å². The van der Waals surface area contributed by atoms with Crippen LogP contribution in [-0.4, -0.2) is 27.5 Å². The molecule has 3 N–H and O–H groups in total. The maximum absolute atomic E-state index is 8.80. The van der Waals surface area contributed by atoms with Gasteiger partial charge in [-0.15, -0.1) is 0 Å². The second-order valence-corrected chi connectivity index (χ2v) is 5.89. The number of ether oxygens (including phenoxy) is 1. The largest absolute Gasteiger partial charge is 0.496 e. The molecule has 6 nitrogen and oxygen atoms in total. The molecule has 106 valence electrons. The van der Waals surface area contributed by atoms with Crippen molar-refractivity contribution in [3.05, 3.63) is 35.2 Å². The third-order valence-corrected chi connectivity index (χ3v) is 4.51. The lowest BCUT2D eigenvalue weighted by atomic mass is 10.1. The van der Waals surface area contributed by atoms with Crippen LogP contribution in [0.5, 0.6) is 5.75 Å².